The van der Waals surface area contributed by atoms with E-state index >= 15 is 0 Å². The third-order valence-electron chi connectivity index (χ3n) is 11.4. The highest BCUT2D eigenvalue weighted by atomic mass is 16.7. The Hall–Kier alpha value is -2.46. The van der Waals surface area contributed by atoms with Crippen LogP contribution >= 0.6 is 0 Å². The summed E-state index contributed by atoms with van der Waals surface area (Å²) < 4.78 is 25.5. The van der Waals surface area contributed by atoms with Crippen molar-refractivity contribution in [1.29, 1.82) is 0 Å². The van der Waals surface area contributed by atoms with Gasteiger partial charge in [-0.3, -0.25) is 5.10 Å². The van der Waals surface area contributed by atoms with E-state index in [4.69, 9.17) is 18.9 Å². The molecule has 0 bridgehead atoms. The van der Waals surface area contributed by atoms with E-state index in [0.717, 1.165) is 40.6 Å². The summed E-state index contributed by atoms with van der Waals surface area (Å²) in [5.74, 6) is 0.0470. The van der Waals surface area contributed by atoms with E-state index < -0.39 is 22.4 Å². The number of hydrogen-bond acceptors (Lipinski definition) is 8. The van der Waals surface area contributed by atoms with Crippen molar-refractivity contribution in [3.8, 4) is 0 Å². The lowest BCUT2D eigenvalue weighted by molar-refractivity contribution is -0.159. The Labute approximate surface area is 213 Å². The summed E-state index contributed by atoms with van der Waals surface area (Å²) >= 11 is 0. The number of hydrogen-bond donors (Lipinski definition) is 3. The largest absolute Gasteiger partial charge is 0.458 e. The van der Waals surface area contributed by atoms with E-state index in [-0.39, 0.29) is 48.1 Å². The van der Waals surface area contributed by atoms with Gasteiger partial charge in [0.25, 0.3) is 0 Å². The van der Waals surface area contributed by atoms with Gasteiger partial charge in [-0.2, -0.15) is 5.10 Å². The molecule has 5 fully saturated rings. The highest BCUT2D eigenvalue weighted by Crippen LogP contribution is 2.85. The summed E-state index contributed by atoms with van der Waals surface area (Å²) in [5, 5.41) is 24.7. The predicted molar refractivity (Wildman–Crippen MR) is 131 cm³/mol. The van der Waals surface area contributed by atoms with Gasteiger partial charge >= 0.3 is 5.97 Å². The molecule has 9 heteroatoms. The van der Waals surface area contributed by atoms with Crippen molar-refractivity contribution in [2.24, 2.45) is 17.3 Å². The molecule has 9 rings (SSSR count). The van der Waals surface area contributed by atoms with Crippen molar-refractivity contribution >= 4 is 22.6 Å². The molecule has 0 unspecified atom stereocenters. The monoisotopic (exact) mass is 505 g/mol. The Morgan fingerprint density at radius 1 is 1.22 bits per heavy atom. The number of nitrogens with one attached hydrogen (secondary N) is 2. The molecular formula is C28H31N3O6. The van der Waals surface area contributed by atoms with Crippen LogP contribution in [0.15, 0.2) is 35.5 Å². The third-order valence-corrected chi connectivity index (χ3v) is 11.4. The van der Waals surface area contributed by atoms with Crippen molar-refractivity contribution < 1.29 is 28.8 Å². The number of ether oxygens (including phenoxy) is 4. The zero-order valence-electron chi connectivity index (χ0n) is 21.2. The molecule has 3 saturated heterocycles. The summed E-state index contributed by atoms with van der Waals surface area (Å²) in [7, 11) is 0. The van der Waals surface area contributed by atoms with Gasteiger partial charge in [-0.25, -0.2) is 4.79 Å². The number of benzene rings is 1. The van der Waals surface area contributed by atoms with Crippen molar-refractivity contribution in [1.82, 2.24) is 10.2 Å². The normalized spacial score (nSPS) is 49.9. The average molecular weight is 506 g/mol. The maximum absolute atomic E-state index is 13.0. The Morgan fingerprint density at radius 2 is 2.08 bits per heavy atom. The minimum absolute atomic E-state index is 0.0767. The van der Waals surface area contributed by atoms with E-state index in [1.807, 2.05) is 18.2 Å². The molecule has 1 aromatic carbocycles. The molecular weight excluding hydrogens is 474 g/mol. The lowest BCUT2D eigenvalue weighted by Crippen LogP contribution is -2.77. The van der Waals surface area contributed by atoms with Crippen LogP contribution < -0.4 is 5.32 Å². The van der Waals surface area contributed by atoms with E-state index in [1.165, 1.54) is 0 Å². The fraction of sp³-hybridized carbons (Fsp3) is 0.643. The highest BCUT2D eigenvalue weighted by Gasteiger charge is 3.04. The number of anilines is 1. The molecule has 3 N–H and O–H groups in total. The molecule has 2 saturated carbocycles. The Morgan fingerprint density at radius 3 is 2.92 bits per heavy atom. The van der Waals surface area contributed by atoms with Crippen LogP contribution in [0, 0.1) is 17.3 Å². The summed E-state index contributed by atoms with van der Waals surface area (Å²) in [5.41, 5.74) is -0.0271. The number of cyclic esters (lactones) is 1. The lowest BCUT2D eigenvalue weighted by Gasteiger charge is -2.56. The molecule has 7 aliphatic rings. The quantitative estimate of drug-likeness (QED) is 0.428. The van der Waals surface area contributed by atoms with Crippen molar-refractivity contribution in [2.45, 2.75) is 80.7 Å². The van der Waals surface area contributed by atoms with Gasteiger partial charge < -0.3 is 29.4 Å². The molecule has 2 aromatic rings. The maximum Gasteiger partial charge on any atom is 0.334 e. The van der Waals surface area contributed by atoms with E-state index in [1.54, 1.807) is 6.20 Å². The van der Waals surface area contributed by atoms with Crippen LogP contribution in [-0.2, 0) is 23.7 Å². The summed E-state index contributed by atoms with van der Waals surface area (Å²) in [6.45, 7) is 7.18. The number of epoxide rings is 3. The summed E-state index contributed by atoms with van der Waals surface area (Å²) in [4.78, 5) is 12.4. The fourth-order valence-electron chi connectivity index (χ4n) is 9.63. The second-order valence-electron chi connectivity index (χ2n) is 12.8. The van der Waals surface area contributed by atoms with Crippen LogP contribution in [0.3, 0.4) is 0 Å². The first kappa shape index (κ1) is 21.5. The number of aromatic amines is 1. The number of nitrogens with zero attached hydrogens (tertiary/aromatic N) is 1. The van der Waals surface area contributed by atoms with Crippen LogP contribution in [0.4, 0.5) is 5.69 Å². The number of aliphatic hydroxyl groups is 1. The molecule has 3 aliphatic carbocycles. The molecule has 37 heavy (non-hydrogen) atoms. The minimum Gasteiger partial charge on any atom is -0.458 e. The summed E-state index contributed by atoms with van der Waals surface area (Å²) in [6, 6.07) is 6.04. The number of rotatable bonds is 4. The molecule has 1 aromatic heterocycles. The van der Waals surface area contributed by atoms with Crippen molar-refractivity contribution in [3.63, 3.8) is 0 Å². The van der Waals surface area contributed by atoms with Crippen molar-refractivity contribution in [2.75, 3.05) is 18.5 Å². The first-order chi connectivity index (χ1) is 17.7. The third kappa shape index (κ3) is 2.02. The molecule has 0 amide bonds. The van der Waals surface area contributed by atoms with E-state index in [0.29, 0.717) is 13.0 Å². The minimum atomic E-state index is -1.30. The SMILES string of the molecule is CC(C)[C@]12O[C@H]1[C@@H]1O[C@]13[C@]1(O[C@H]1C[C@H]1C4=C(CC[C@@]13C)C(=O)OC4)[C@]2(O)CNc1ccc2cn[nH]c2c1. The lowest BCUT2D eigenvalue weighted by atomic mass is 9.44. The van der Waals surface area contributed by atoms with E-state index in [2.05, 4.69) is 36.3 Å². The first-order valence-corrected chi connectivity index (χ1v) is 13.6. The molecule has 2 spiro atoms. The molecule has 9 atom stereocenters. The van der Waals surface area contributed by atoms with Gasteiger partial charge in [-0.1, -0.05) is 20.8 Å². The van der Waals surface area contributed by atoms with Crippen LogP contribution in [0.5, 0.6) is 0 Å². The van der Waals surface area contributed by atoms with Crippen LogP contribution in [0.1, 0.15) is 40.0 Å². The molecule has 4 aliphatic heterocycles. The number of fused-ring (bicyclic) bond motifs is 5. The number of carbonyl (C=O) groups is 1. The number of esters is 1. The molecule has 5 heterocycles. The average Bonchev–Trinajstić information content (AvgIpc) is 3.80. The fourth-order valence-corrected chi connectivity index (χ4v) is 9.63. The van der Waals surface area contributed by atoms with Gasteiger partial charge in [-0.15, -0.1) is 0 Å². The van der Waals surface area contributed by atoms with Gasteiger partial charge in [0.15, 0.2) is 5.60 Å². The van der Waals surface area contributed by atoms with Gasteiger partial charge in [0.2, 0.25) is 0 Å². The Balaban J connectivity index is 1.15. The van der Waals surface area contributed by atoms with Crippen molar-refractivity contribution in [3.05, 3.63) is 35.5 Å². The summed E-state index contributed by atoms with van der Waals surface area (Å²) in [6.07, 6.45) is 3.58. The number of aromatic nitrogens is 2. The molecule has 9 nitrogen and oxygen atoms in total. The predicted octanol–water partition coefficient (Wildman–Crippen LogP) is 2.46. The Bertz CT molecular complexity index is 1450. The number of H-pyrrole nitrogens is 1. The smallest absolute Gasteiger partial charge is 0.334 e. The van der Waals surface area contributed by atoms with Crippen LogP contribution in [-0.4, -0.2) is 75.1 Å². The topological polar surface area (TPSA) is 125 Å². The first-order valence-electron chi connectivity index (χ1n) is 13.6. The van der Waals surface area contributed by atoms with Gasteiger partial charge in [0.1, 0.15) is 35.6 Å². The van der Waals surface area contributed by atoms with Gasteiger partial charge in [-0.05, 0) is 54.9 Å². The zero-order chi connectivity index (χ0) is 25.2. The van der Waals surface area contributed by atoms with E-state index in [9.17, 15) is 9.90 Å². The standard InChI is InChI=1S/C28H31N3O6/c1-13(2)26-21(36-26)22-28(37-22)24(3)7-6-16-17(11-34-23(16)32)18(24)9-20-27(28,35-20)25(26,33)12-29-15-5-4-14-10-30-31-19(14)8-15/h4-5,8,10,13,18,20-22,29,33H,6-7,9,11-12H2,1-3H3,(H,30,31)/t18-,20-,21-,22-,24-,25-,26-,27+,28+/m0/s1. The van der Waals surface area contributed by atoms with Gasteiger partial charge in [0, 0.05) is 28.6 Å². The highest BCUT2D eigenvalue weighted by molar-refractivity contribution is 5.92. The molecule has 0 radical (unpaired) electrons. The molecule has 194 valence electrons. The van der Waals surface area contributed by atoms with Crippen LogP contribution in [0.25, 0.3) is 10.9 Å². The Kier molecular flexibility index (Phi) is 3.52. The second kappa shape index (κ2) is 6.06. The second-order valence-corrected chi connectivity index (χ2v) is 12.8. The maximum atomic E-state index is 13.0. The number of carbonyl (C=O) groups excluding carboxylic acids is 1. The zero-order valence-corrected chi connectivity index (χ0v) is 21.2. The van der Waals surface area contributed by atoms with Gasteiger partial charge in [0.05, 0.1) is 17.8 Å². The van der Waals surface area contributed by atoms with Crippen LogP contribution in [0.2, 0.25) is 0 Å².